The monoisotopic (exact) mass is 310 g/mol. The summed E-state index contributed by atoms with van der Waals surface area (Å²) < 4.78 is 8.25. The molecular weight excluding hydrogens is 296 g/mol. The van der Waals surface area contributed by atoms with Crippen LogP contribution in [0.25, 0.3) is 0 Å². The van der Waals surface area contributed by atoms with E-state index < -0.39 is 0 Å². The molecule has 0 aliphatic carbocycles. The highest BCUT2D eigenvalue weighted by molar-refractivity contribution is 9.10. The third-order valence-corrected chi connectivity index (χ3v) is 3.27. The zero-order valence-electron chi connectivity index (χ0n) is 10.6. The summed E-state index contributed by atoms with van der Waals surface area (Å²) in [7, 11) is 3.60. The van der Waals surface area contributed by atoms with Crippen LogP contribution < -0.4 is 10.1 Å². The van der Waals surface area contributed by atoms with E-state index in [1.54, 1.807) is 7.11 Å². The minimum Gasteiger partial charge on any atom is -0.495 e. The summed E-state index contributed by atoms with van der Waals surface area (Å²) in [5.41, 5.74) is 0.924. The Balaban J connectivity index is 2.15. The van der Waals surface area contributed by atoms with Gasteiger partial charge in [-0.05, 0) is 25.1 Å². The SMILES string of the molecule is COc1ccc(Br)cc1NCc1nnc(C)n1C. The molecule has 6 heteroatoms. The van der Waals surface area contributed by atoms with Crippen LogP contribution in [0.4, 0.5) is 5.69 Å². The Labute approximate surface area is 114 Å². The van der Waals surface area contributed by atoms with Crippen molar-refractivity contribution in [3.8, 4) is 5.75 Å². The van der Waals surface area contributed by atoms with Crippen molar-refractivity contribution in [2.45, 2.75) is 13.5 Å². The summed E-state index contributed by atoms with van der Waals surface area (Å²) in [6, 6.07) is 5.83. The molecule has 0 aliphatic heterocycles. The zero-order chi connectivity index (χ0) is 13.1. The molecule has 1 aromatic heterocycles. The molecule has 96 valence electrons. The van der Waals surface area contributed by atoms with Crippen LogP contribution in [0.2, 0.25) is 0 Å². The first kappa shape index (κ1) is 12.9. The van der Waals surface area contributed by atoms with E-state index in [1.165, 1.54) is 0 Å². The van der Waals surface area contributed by atoms with Crippen LogP contribution in [-0.4, -0.2) is 21.9 Å². The maximum atomic E-state index is 5.30. The van der Waals surface area contributed by atoms with Gasteiger partial charge in [0.2, 0.25) is 0 Å². The van der Waals surface area contributed by atoms with Crippen LogP contribution in [0.3, 0.4) is 0 Å². The summed E-state index contributed by atoms with van der Waals surface area (Å²) >= 11 is 3.44. The normalized spacial score (nSPS) is 10.4. The van der Waals surface area contributed by atoms with Crippen molar-refractivity contribution in [1.82, 2.24) is 14.8 Å². The van der Waals surface area contributed by atoms with Gasteiger partial charge >= 0.3 is 0 Å². The van der Waals surface area contributed by atoms with Gasteiger partial charge in [0.1, 0.15) is 11.6 Å². The van der Waals surface area contributed by atoms with E-state index in [0.717, 1.165) is 27.6 Å². The van der Waals surface area contributed by atoms with Crippen molar-refractivity contribution in [1.29, 1.82) is 0 Å². The molecule has 2 rings (SSSR count). The van der Waals surface area contributed by atoms with Gasteiger partial charge in [-0.15, -0.1) is 10.2 Å². The van der Waals surface area contributed by atoms with Crippen LogP contribution in [0.1, 0.15) is 11.6 Å². The summed E-state index contributed by atoms with van der Waals surface area (Å²) in [5, 5.41) is 11.4. The van der Waals surface area contributed by atoms with Gasteiger partial charge in [-0.2, -0.15) is 0 Å². The number of methoxy groups -OCH3 is 1. The number of ether oxygens (including phenoxy) is 1. The van der Waals surface area contributed by atoms with Gasteiger partial charge in [0.15, 0.2) is 5.82 Å². The first-order valence-corrected chi connectivity index (χ1v) is 6.33. The summed E-state index contributed by atoms with van der Waals surface area (Å²) in [6.07, 6.45) is 0. The minimum absolute atomic E-state index is 0.601. The molecule has 0 saturated heterocycles. The highest BCUT2D eigenvalue weighted by Crippen LogP contribution is 2.28. The molecule has 0 amide bonds. The Morgan fingerprint density at radius 2 is 2.17 bits per heavy atom. The fourth-order valence-corrected chi connectivity index (χ4v) is 1.96. The molecule has 0 spiro atoms. The van der Waals surface area contributed by atoms with E-state index in [9.17, 15) is 0 Å². The number of aromatic nitrogens is 3. The van der Waals surface area contributed by atoms with Crippen LogP contribution in [-0.2, 0) is 13.6 Å². The predicted molar refractivity (Wildman–Crippen MR) is 73.8 cm³/mol. The van der Waals surface area contributed by atoms with Crippen LogP contribution in [0.15, 0.2) is 22.7 Å². The molecule has 0 unspecified atom stereocenters. The average molecular weight is 311 g/mol. The van der Waals surface area contributed by atoms with Crippen LogP contribution in [0, 0.1) is 6.92 Å². The standard InChI is InChI=1S/C12H15BrN4O/c1-8-15-16-12(17(8)2)7-14-10-6-9(13)4-5-11(10)18-3/h4-6,14H,7H2,1-3H3. The second kappa shape index (κ2) is 5.39. The smallest absolute Gasteiger partial charge is 0.152 e. The fourth-order valence-electron chi connectivity index (χ4n) is 1.60. The Morgan fingerprint density at radius 3 is 2.78 bits per heavy atom. The molecule has 2 aromatic rings. The van der Waals surface area contributed by atoms with Gasteiger partial charge in [0.25, 0.3) is 0 Å². The van der Waals surface area contributed by atoms with E-state index in [1.807, 2.05) is 36.7 Å². The third kappa shape index (κ3) is 2.64. The highest BCUT2D eigenvalue weighted by atomic mass is 79.9. The maximum Gasteiger partial charge on any atom is 0.152 e. The second-order valence-corrected chi connectivity index (χ2v) is 4.84. The first-order chi connectivity index (χ1) is 8.61. The lowest BCUT2D eigenvalue weighted by Gasteiger charge is -2.11. The summed E-state index contributed by atoms with van der Waals surface area (Å²) in [6.45, 7) is 2.53. The average Bonchev–Trinajstić information content (AvgIpc) is 2.68. The number of anilines is 1. The van der Waals surface area contributed by atoms with Crippen molar-refractivity contribution in [2.24, 2.45) is 7.05 Å². The van der Waals surface area contributed by atoms with Crippen molar-refractivity contribution in [3.63, 3.8) is 0 Å². The number of aryl methyl sites for hydroxylation is 1. The van der Waals surface area contributed by atoms with Crippen molar-refractivity contribution >= 4 is 21.6 Å². The van der Waals surface area contributed by atoms with Crippen molar-refractivity contribution in [2.75, 3.05) is 12.4 Å². The molecule has 18 heavy (non-hydrogen) atoms. The molecule has 1 N–H and O–H groups in total. The quantitative estimate of drug-likeness (QED) is 0.942. The van der Waals surface area contributed by atoms with Gasteiger partial charge in [-0.25, -0.2) is 0 Å². The predicted octanol–water partition coefficient (Wildman–Crippen LogP) is 2.51. The molecule has 0 saturated carbocycles. The molecule has 0 fully saturated rings. The van der Waals surface area contributed by atoms with Gasteiger partial charge in [-0.3, -0.25) is 0 Å². The van der Waals surface area contributed by atoms with Gasteiger partial charge in [0.05, 0.1) is 19.3 Å². The lowest BCUT2D eigenvalue weighted by molar-refractivity contribution is 0.416. The topological polar surface area (TPSA) is 52.0 Å². The molecule has 1 heterocycles. The Bertz CT molecular complexity index is 553. The summed E-state index contributed by atoms with van der Waals surface area (Å²) in [4.78, 5) is 0. The Kier molecular flexibility index (Phi) is 3.86. The van der Waals surface area contributed by atoms with E-state index in [2.05, 4.69) is 31.4 Å². The molecule has 5 nitrogen and oxygen atoms in total. The molecule has 0 bridgehead atoms. The van der Waals surface area contributed by atoms with E-state index in [4.69, 9.17) is 4.74 Å². The molecule has 0 radical (unpaired) electrons. The van der Waals surface area contributed by atoms with Crippen LogP contribution in [0.5, 0.6) is 5.75 Å². The zero-order valence-corrected chi connectivity index (χ0v) is 12.2. The number of hydrogen-bond donors (Lipinski definition) is 1. The molecule has 1 aromatic carbocycles. The summed E-state index contributed by atoms with van der Waals surface area (Å²) in [5.74, 6) is 2.58. The number of rotatable bonds is 4. The van der Waals surface area contributed by atoms with Gasteiger partial charge < -0.3 is 14.6 Å². The number of nitrogens with zero attached hydrogens (tertiary/aromatic N) is 3. The first-order valence-electron chi connectivity index (χ1n) is 5.54. The fraction of sp³-hybridized carbons (Fsp3) is 0.333. The lowest BCUT2D eigenvalue weighted by atomic mass is 10.3. The largest absolute Gasteiger partial charge is 0.495 e. The van der Waals surface area contributed by atoms with Gasteiger partial charge in [0, 0.05) is 11.5 Å². The highest BCUT2D eigenvalue weighted by Gasteiger charge is 2.07. The molecule has 0 aliphatic rings. The van der Waals surface area contributed by atoms with E-state index >= 15 is 0 Å². The number of halogens is 1. The molecular formula is C12H15BrN4O. The molecule has 0 atom stereocenters. The van der Waals surface area contributed by atoms with Crippen LogP contribution >= 0.6 is 15.9 Å². The third-order valence-electron chi connectivity index (χ3n) is 2.78. The van der Waals surface area contributed by atoms with Crippen molar-refractivity contribution < 1.29 is 4.74 Å². The van der Waals surface area contributed by atoms with Crippen molar-refractivity contribution in [3.05, 3.63) is 34.3 Å². The lowest BCUT2D eigenvalue weighted by Crippen LogP contribution is -2.07. The second-order valence-electron chi connectivity index (χ2n) is 3.92. The van der Waals surface area contributed by atoms with Gasteiger partial charge in [-0.1, -0.05) is 15.9 Å². The maximum absolute atomic E-state index is 5.30. The number of benzene rings is 1. The van der Waals surface area contributed by atoms with E-state index in [-0.39, 0.29) is 0 Å². The Morgan fingerprint density at radius 1 is 1.39 bits per heavy atom. The number of hydrogen-bond acceptors (Lipinski definition) is 4. The van der Waals surface area contributed by atoms with E-state index in [0.29, 0.717) is 6.54 Å². The Hall–Kier alpha value is -1.56. The minimum atomic E-state index is 0.601. The number of nitrogens with one attached hydrogen (secondary N) is 1.